The first-order valence-electron chi connectivity index (χ1n) is 8.88. The monoisotopic (exact) mass is 389 g/mol. The molecule has 0 atom stereocenters. The number of nitrogens with zero attached hydrogens (tertiary/aromatic N) is 2. The third-order valence-corrected chi connectivity index (χ3v) is 4.73. The van der Waals surface area contributed by atoms with E-state index in [4.69, 9.17) is 11.6 Å². The van der Waals surface area contributed by atoms with Gasteiger partial charge in [-0.2, -0.15) is 5.26 Å². The summed E-state index contributed by atoms with van der Waals surface area (Å²) in [6.07, 6.45) is 1.63. The molecule has 0 fully saturated rings. The molecule has 1 amide bonds. The molecule has 1 aromatic heterocycles. The van der Waals surface area contributed by atoms with Crippen molar-refractivity contribution in [3.63, 3.8) is 0 Å². The number of nitrogens with one attached hydrogen (secondary N) is 1. The highest BCUT2D eigenvalue weighted by Crippen LogP contribution is 2.24. The number of nitriles is 1. The minimum absolute atomic E-state index is 0.0716. The largest absolute Gasteiger partial charge is 0.347 e. The first-order valence-corrected chi connectivity index (χ1v) is 9.26. The highest BCUT2D eigenvalue weighted by atomic mass is 35.5. The SMILES string of the molecule is Cc1cc(/C=C(/C#N)C(=O)NCc2ccccc2)c(C)n1-c1cccc(Cl)c1. The first kappa shape index (κ1) is 19.5. The molecule has 0 unspecified atom stereocenters. The van der Waals surface area contributed by atoms with Gasteiger partial charge >= 0.3 is 0 Å². The van der Waals surface area contributed by atoms with E-state index < -0.39 is 0 Å². The zero-order chi connectivity index (χ0) is 20.1. The first-order chi connectivity index (χ1) is 13.5. The molecule has 4 nitrogen and oxygen atoms in total. The number of halogens is 1. The Morgan fingerprint density at radius 2 is 1.89 bits per heavy atom. The molecule has 0 aliphatic rings. The Morgan fingerprint density at radius 3 is 2.57 bits per heavy atom. The van der Waals surface area contributed by atoms with E-state index >= 15 is 0 Å². The number of aromatic nitrogens is 1. The third-order valence-electron chi connectivity index (χ3n) is 4.50. The normalized spacial score (nSPS) is 11.1. The zero-order valence-corrected chi connectivity index (χ0v) is 16.5. The molecule has 0 aliphatic carbocycles. The Morgan fingerprint density at radius 1 is 1.14 bits per heavy atom. The summed E-state index contributed by atoms with van der Waals surface area (Å²) in [5.74, 6) is -0.390. The van der Waals surface area contributed by atoms with E-state index in [1.165, 1.54) is 0 Å². The Balaban J connectivity index is 1.86. The Kier molecular flexibility index (Phi) is 5.98. The number of aryl methyl sites for hydroxylation is 1. The summed E-state index contributed by atoms with van der Waals surface area (Å²) in [5, 5.41) is 12.9. The van der Waals surface area contributed by atoms with Crippen LogP contribution in [-0.2, 0) is 11.3 Å². The smallest absolute Gasteiger partial charge is 0.262 e. The van der Waals surface area contributed by atoms with Crippen LogP contribution in [0.15, 0.2) is 66.2 Å². The lowest BCUT2D eigenvalue weighted by atomic mass is 10.1. The molecule has 3 rings (SSSR count). The molecule has 0 aliphatic heterocycles. The van der Waals surface area contributed by atoms with Crippen LogP contribution in [0.4, 0.5) is 0 Å². The second-order valence-corrected chi connectivity index (χ2v) is 6.92. The fraction of sp³-hybridized carbons (Fsp3) is 0.130. The van der Waals surface area contributed by atoms with E-state index in [0.29, 0.717) is 11.6 Å². The zero-order valence-electron chi connectivity index (χ0n) is 15.7. The van der Waals surface area contributed by atoms with Gasteiger partial charge < -0.3 is 9.88 Å². The van der Waals surface area contributed by atoms with Crippen LogP contribution < -0.4 is 5.32 Å². The quantitative estimate of drug-likeness (QED) is 0.494. The van der Waals surface area contributed by atoms with Crippen molar-refractivity contribution in [1.29, 1.82) is 5.26 Å². The van der Waals surface area contributed by atoms with Crippen molar-refractivity contribution in [2.75, 3.05) is 0 Å². The average molecular weight is 390 g/mol. The maximum Gasteiger partial charge on any atom is 0.262 e. The van der Waals surface area contributed by atoms with Crippen LogP contribution in [0.25, 0.3) is 11.8 Å². The summed E-state index contributed by atoms with van der Waals surface area (Å²) >= 11 is 6.12. The minimum atomic E-state index is -0.390. The summed E-state index contributed by atoms with van der Waals surface area (Å²) in [6, 6.07) is 21.1. The number of hydrogen-bond acceptors (Lipinski definition) is 2. The van der Waals surface area contributed by atoms with Crippen molar-refractivity contribution in [1.82, 2.24) is 9.88 Å². The van der Waals surface area contributed by atoms with Gasteiger partial charge in [-0.15, -0.1) is 0 Å². The van der Waals surface area contributed by atoms with E-state index in [2.05, 4.69) is 9.88 Å². The molecule has 0 bridgehead atoms. The molecule has 1 heterocycles. The van der Waals surface area contributed by atoms with Crippen molar-refractivity contribution in [2.24, 2.45) is 0 Å². The lowest BCUT2D eigenvalue weighted by Crippen LogP contribution is -2.23. The van der Waals surface area contributed by atoms with Crippen LogP contribution in [0.5, 0.6) is 0 Å². The molecule has 0 spiro atoms. The predicted octanol–water partition coefficient (Wildman–Crippen LogP) is 4.97. The fourth-order valence-electron chi connectivity index (χ4n) is 3.12. The fourth-order valence-corrected chi connectivity index (χ4v) is 3.31. The molecule has 3 aromatic rings. The number of amides is 1. The van der Waals surface area contributed by atoms with Crippen LogP contribution in [0.2, 0.25) is 5.02 Å². The highest BCUT2D eigenvalue weighted by molar-refractivity contribution is 6.30. The topological polar surface area (TPSA) is 57.8 Å². The van der Waals surface area contributed by atoms with E-state index in [9.17, 15) is 10.1 Å². The molecule has 1 N–H and O–H groups in total. The van der Waals surface area contributed by atoms with Gasteiger partial charge in [0.25, 0.3) is 5.91 Å². The average Bonchev–Trinajstić information content (AvgIpc) is 2.98. The van der Waals surface area contributed by atoms with Crippen molar-refractivity contribution >= 4 is 23.6 Å². The van der Waals surface area contributed by atoms with Crippen molar-refractivity contribution < 1.29 is 4.79 Å². The summed E-state index contributed by atoms with van der Waals surface area (Å²) in [7, 11) is 0. The molecular weight excluding hydrogens is 370 g/mol. The second kappa shape index (κ2) is 8.60. The highest BCUT2D eigenvalue weighted by Gasteiger charge is 2.14. The molecule has 28 heavy (non-hydrogen) atoms. The number of benzene rings is 2. The van der Waals surface area contributed by atoms with Gasteiger partial charge in [0, 0.05) is 28.6 Å². The number of carbonyl (C=O) groups is 1. The molecule has 0 saturated heterocycles. The molecule has 140 valence electrons. The number of carbonyl (C=O) groups excluding carboxylic acids is 1. The van der Waals surface area contributed by atoms with Crippen LogP contribution in [-0.4, -0.2) is 10.5 Å². The van der Waals surface area contributed by atoms with Crippen molar-refractivity contribution in [3.05, 3.63) is 93.8 Å². The predicted molar refractivity (Wildman–Crippen MR) is 112 cm³/mol. The van der Waals surface area contributed by atoms with Crippen LogP contribution >= 0.6 is 11.6 Å². The Bertz CT molecular complexity index is 1070. The van der Waals surface area contributed by atoms with Gasteiger partial charge in [-0.25, -0.2) is 0 Å². The van der Waals surface area contributed by atoms with Gasteiger partial charge in [0.1, 0.15) is 11.6 Å². The van der Waals surface area contributed by atoms with Crippen molar-refractivity contribution in [2.45, 2.75) is 20.4 Å². The van der Waals surface area contributed by atoms with Gasteiger partial charge in [-0.05, 0) is 55.3 Å². The summed E-state index contributed by atoms with van der Waals surface area (Å²) in [6.45, 7) is 4.31. The molecule has 0 saturated carbocycles. The molecule has 0 radical (unpaired) electrons. The molecule has 2 aromatic carbocycles. The van der Waals surface area contributed by atoms with Crippen molar-refractivity contribution in [3.8, 4) is 11.8 Å². The van der Waals surface area contributed by atoms with Gasteiger partial charge in [0.15, 0.2) is 0 Å². The Hall–Kier alpha value is -3.29. The van der Waals surface area contributed by atoms with Crippen LogP contribution in [0.1, 0.15) is 22.5 Å². The lowest BCUT2D eigenvalue weighted by molar-refractivity contribution is -0.117. The van der Waals surface area contributed by atoms with Gasteiger partial charge in [-0.3, -0.25) is 4.79 Å². The van der Waals surface area contributed by atoms with Gasteiger partial charge in [-0.1, -0.05) is 48.0 Å². The summed E-state index contributed by atoms with van der Waals surface area (Å²) in [4.78, 5) is 12.4. The molecular formula is C23H20ClN3O. The van der Waals surface area contributed by atoms with Gasteiger partial charge in [0.05, 0.1) is 0 Å². The standard InChI is InChI=1S/C23H20ClN3O/c1-16-11-19(17(2)27(16)22-10-6-9-21(24)13-22)12-20(14-25)23(28)26-15-18-7-4-3-5-8-18/h3-13H,15H2,1-2H3,(H,26,28)/b20-12-. The summed E-state index contributed by atoms with van der Waals surface area (Å²) < 4.78 is 2.05. The number of hydrogen-bond donors (Lipinski definition) is 1. The van der Waals surface area contributed by atoms with E-state index in [-0.39, 0.29) is 11.5 Å². The van der Waals surface area contributed by atoms with Gasteiger partial charge in [0.2, 0.25) is 0 Å². The number of rotatable bonds is 5. The van der Waals surface area contributed by atoms with E-state index in [1.54, 1.807) is 6.08 Å². The van der Waals surface area contributed by atoms with E-state index in [1.807, 2.05) is 80.6 Å². The minimum Gasteiger partial charge on any atom is -0.347 e. The van der Waals surface area contributed by atoms with Crippen LogP contribution in [0, 0.1) is 25.2 Å². The van der Waals surface area contributed by atoms with E-state index in [0.717, 1.165) is 28.2 Å². The maximum atomic E-state index is 12.4. The lowest BCUT2D eigenvalue weighted by Gasteiger charge is -2.10. The third kappa shape index (κ3) is 4.33. The molecule has 5 heteroatoms. The summed E-state index contributed by atoms with van der Waals surface area (Å²) in [5.41, 5.74) is 4.74. The van der Waals surface area contributed by atoms with Crippen LogP contribution in [0.3, 0.4) is 0 Å². The Labute approximate surface area is 169 Å². The maximum absolute atomic E-state index is 12.4. The second-order valence-electron chi connectivity index (χ2n) is 6.48.